The van der Waals surface area contributed by atoms with Crippen LogP contribution in [0.5, 0.6) is 0 Å². The Balaban J connectivity index is 3.13. The zero-order valence-electron chi connectivity index (χ0n) is 54.7. The van der Waals surface area contributed by atoms with Gasteiger partial charge in [0, 0.05) is 6.54 Å². The SMILES string of the molecule is CC[C@H](C)[C@@H]1NC(=O)[C@@H](CCCNC(=N)N)NC(=O)[C@H](CC(C)C)NC(=O)[C@H]([C@H](O)C(C)C)NC(=O)[C@@H](NC(=O)[C@H](CC(C)(C)C)NC(=O)[C@H](N)CC(C)(C)C)[C@@H](c2ccccc2)NC(=O)C(CO)NC(=O)[C@H](CO)NC(=O)[C@@H](CO)NC(=O)[C@H]([C@H](C)O)NC1=O. The van der Waals surface area contributed by atoms with Crippen LogP contribution in [0, 0.1) is 34.0 Å². The molecule has 15 atom stereocenters. The smallest absolute Gasteiger partial charge is 0.245 e. The molecule has 1 aliphatic rings. The summed E-state index contributed by atoms with van der Waals surface area (Å²) in [5.41, 5.74) is 10.8. The van der Waals surface area contributed by atoms with E-state index in [1.54, 1.807) is 54.5 Å². The number of carbonyl (C=O) groups excluding carboxylic acids is 11. The highest BCUT2D eigenvalue weighted by molar-refractivity contribution is 6.00. The molecule has 0 spiro atoms. The molecule has 2 rings (SSSR count). The zero-order chi connectivity index (χ0) is 69.4. The quantitative estimate of drug-likeness (QED) is 0.0314. The zero-order valence-corrected chi connectivity index (χ0v) is 54.7. The number of rotatable bonds is 21. The standard InChI is InChI=1S/C60H103N15O16/c1-14-31(6)41-54(88)72-42(32(7)79)55(89)70-39(27-77)52(86)68-38(26-76)51(85)69-40(28-78)53(87)73-43(33-19-16-15-17-20-33)44(74-50(84)37(25-60(11,12)13)67-47(81)34(61)24-59(8,9)10)56(90)75-45(46(80)30(4)5)57(91)66-36(23-29(2)3)49(83)65-35(48(82)71-41)21-18-22-64-58(62)63/h15-17,19-20,29-32,34-46,76-80H,14,18,21-28,61H2,1-13H3,(H,65,83)(H,66,91)(H,67,81)(H,68,86)(H,69,85)(H,70,89)(H,71,82)(H,72,88)(H,73,87)(H,74,84)(H,75,90)(H4,62,63,64)/t31-,32-,34+,35+,36-,37-,38-,39+,40?,41-,42-,43+,44-,45-,46+/m0/s1. The number of guanidine groups is 1. The highest BCUT2D eigenvalue weighted by Gasteiger charge is 2.43. The van der Waals surface area contributed by atoms with Crippen molar-refractivity contribution in [1.29, 1.82) is 5.41 Å². The lowest BCUT2D eigenvalue weighted by Crippen LogP contribution is -2.65. The van der Waals surface area contributed by atoms with Gasteiger partial charge in [-0.05, 0) is 73.2 Å². The minimum atomic E-state index is -2.06. The Bertz CT molecular complexity index is 2630. The highest BCUT2D eigenvalue weighted by Crippen LogP contribution is 2.25. The van der Waals surface area contributed by atoms with Crippen LogP contribution in [0.2, 0.25) is 0 Å². The van der Waals surface area contributed by atoms with Gasteiger partial charge in [-0.15, -0.1) is 0 Å². The molecule has 514 valence electrons. The molecule has 1 unspecified atom stereocenters. The molecule has 1 saturated heterocycles. The third kappa shape index (κ3) is 26.7. The van der Waals surface area contributed by atoms with E-state index in [0.717, 1.165) is 6.92 Å². The minimum absolute atomic E-state index is 0.0204. The number of aliphatic hydroxyl groups is 5. The van der Waals surface area contributed by atoms with Crippen LogP contribution in [-0.2, 0) is 52.7 Å². The molecule has 11 amide bonds. The van der Waals surface area contributed by atoms with Crippen molar-refractivity contribution in [3.63, 3.8) is 0 Å². The maximum atomic E-state index is 15.5. The van der Waals surface area contributed by atoms with E-state index in [0.29, 0.717) is 0 Å². The van der Waals surface area contributed by atoms with Crippen molar-refractivity contribution < 1.29 is 78.3 Å². The monoisotopic (exact) mass is 1290 g/mol. The number of hydrogen-bond acceptors (Lipinski definition) is 18. The molecule has 1 fully saturated rings. The summed E-state index contributed by atoms with van der Waals surface area (Å²) in [6.07, 6.45) is -3.39. The van der Waals surface area contributed by atoms with Crippen molar-refractivity contribution in [2.45, 2.75) is 213 Å². The van der Waals surface area contributed by atoms with E-state index < -0.39 is 198 Å². The number of benzene rings is 1. The molecule has 1 heterocycles. The van der Waals surface area contributed by atoms with Crippen LogP contribution in [0.1, 0.15) is 140 Å². The van der Waals surface area contributed by atoms with Gasteiger partial charge in [-0.1, -0.05) is 120 Å². The normalized spacial score (nSPS) is 25.4. The van der Waals surface area contributed by atoms with Gasteiger partial charge in [-0.3, -0.25) is 58.1 Å². The van der Waals surface area contributed by atoms with Gasteiger partial charge in [0.25, 0.3) is 0 Å². The Hall–Kier alpha value is -7.58. The number of hydrogen-bond donors (Lipinski definition) is 20. The summed E-state index contributed by atoms with van der Waals surface area (Å²) >= 11 is 0. The Labute approximate surface area is 532 Å². The second kappa shape index (κ2) is 37.1. The van der Waals surface area contributed by atoms with Gasteiger partial charge in [0.05, 0.1) is 44.1 Å². The molecule has 0 radical (unpaired) electrons. The lowest BCUT2D eigenvalue weighted by Gasteiger charge is -2.35. The number of amides is 11. The summed E-state index contributed by atoms with van der Waals surface area (Å²) in [4.78, 5) is 159. The summed E-state index contributed by atoms with van der Waals surface area (Å²) in [6.45, 7) is 18.2. The molecule has 22 N–H and O–H groups in total. The molecule has 91 heavy (non-hydrogen) atoms. The van der Waals surface area contributed by atoms with Crippen LogP contribution < -0.4 is 75.3 Å². The van der Waals surface area contributed by atoms with Crippen molar-refractivity contribution in [1.82, 2.24) is 63.8 Å². The van der Waals surface area contributed by atoms with Crippen LogP contribution in [0.3, 0.4) is 0 Å². The molecular formula is C60H103N15O16. The van der Waals surface area contributed by atoms with E-state index in [1.807, 2.05) is 20.8 Å². The Morgan fingerprint density at radius 2 is 1.02 bits per heavy atom. The summed E-state index contributed by atoms with van der Waals surface area (Å²) in [5.74, 6) is -14.6. The summed E-state index contributed by atoms with van der Waals surface area (Å²) < 4.78 is 0. The van der Waals surface area contributed by atoms with Gasteiger partial charge in [-0.25, -0.2) is 0 Å². The lowest BCUT2D eigenvalue weighted by atomic mass is 9.86. The fraction of sp³-hybridized carbons (Fsp3) is 0.700. The van der Waals surface area contributed by atoms with Crippen molar-refractivity contribution in [2.75, 3.05) is 26.4 Å². The molecular weight excluding hydrogens is 1190 g/mol. The molecule has 1 aromatic carbocycles. The average Bonchev–Trinajstić information content (AvgIpc) is 0.913. The van der Waals surface area contributed by atoms with Crippen LogP contribution in [0.25, 0.3) is 0 Å². The van der Waals surface area contributed by atoms with Gasteiger partial charge in [0.1, 0.15) is 60.4 Å². The number of nitrogens with two attached hydrogens (primary N) is 2. The molecule has 31 heteroatoms. The van der Waals surface area contributed by atoms with Crippen molar-refractivity contribution >= 4 is 70.9 Å². The molecule has 0 aliphatic carbocycles. The highest BCUT2D eigenvalue weighted by atomic mass is 16.3. The predicted molar refractivity (Wildman–Crippen MR) is 335 cm³/mol. The largest absolute Gasteiger partial charge is 0.394 e. The van der Waals surface area contributed by atoms with Gasteiger partial charge in [-0.2, -0.15) is 0 Å². The maximum Gasteiger partial charge on any atom is 0.245 e. The number of aliphatic hydroxyl groups excluding tert-OH is 5. The second-order valence-corrected chi connectivity index (χ2v) is 26.4. The van der Waals surface area contributed by atoms with Crippen molar-refractivity contribution in [3.8, 4) is 0 Å². The Morgan fingerprint density at radius 1 is 0.582 bits per heavy atom. The van der Waals surface area contributed by atoms with E-state index in [4.69, 9.17) is 16.9 Å². The van der Waals surface area contributed by atoms with Crippen molar-refractivity contribution in [2.24, 2.45) is 40.1 Å². The molecule has 0 bridgehead atoms. The first-order valence-electron chi connectivity index (χ1n) is 30.7. The molecule has 1 aromatic rings. The minimum Gasteiger partial charge on any atom is -0.394 e. The van der Waals surface area contributed by atoms with Crippen LogP contribution >= 0.6 is 0 Å². The van der Waals surface area contributed by atoms with E-state index in [2.05, 4.69) is 63.8 Å². The molecule has 0 saturated carbocycles. The topological polar surface area (TPSA) is 509 Å². The third-order valence-electron chi connectivity index (χ3n) is 14.9. The lowest BCUT2D eigenvalue weighted by molar-refractivity contribution is -0.139. The van der Waals surface area contributed by atoms with Crippen LogP contribution in [0.4, 0.5) is 0 Å². The Kier molecular flexibility index (Phi) is 32.4. The number of nitrogens with one attached hydrogen (secondary N) is 13. The first kappa shape index (κ1) is 79.5. The summed E-state index contributed by atoms with van der Waals surface area (Å²) in [7, 11) is 0. The fourth-order valence-corrected chi connectivity index (χ4v) is 9.64. The average molecular weight is 1290 g/mol. The van der Waals surface area contributed by atoms with Gasteiger partial charge in [0.15, 0.2) is 5.96 Å². The first-order valence-corrected chi connectivity index (χ1v) is 30.7. The van der Waals surface area contributed by atoms with E-state index in [-0.39, 0.29) is 56.6 Å². The van der Waals surface area contributed by atoms with Gasteiger partial charge >= 0.3 is 0 Å². The maximum absolute atomic E-state index is 15.5. The van der Waals surface area contributed by atoms with Crippen LogP contribution in [0.15, 0.2) is 30.3 Å². The third-order valence-corrected chi connectivity index (χ3v) is 14.9. The van der Waals surface area contributed by atoms with E-state index >= 15 is 4.79 Å². The Morgan fingerprint density at radius 3 is 1.49 bits per heavy atom. The number of carbonyl (C=O) groups is 11. The summed E-state index contributed by atoms with van der Waals surface area (Å²) in [6, 6.07) is -13.3. The van der Waals surface area contributed by atoms with Gasteiger partial charge < -0.3 is 101 Å². The van der Waals surface area contributed by atoms with Gasteiger partial charge in [0.2, 0.25) is 65.0 Å². The van der Waals surface area contributed by atoms with Crippen LogP contribution in [-0.4, -0.2) is 202 Å². The van der Waals surface area contributed by atoms with E-state index in [9.17, 15) is 73.5 Å². The predicted octanol–water partition coefficient (Wildman–Crippen LogP) is -4.36. The van der Waals surface area contributed by atoms with Crippen molar-refractivity contribution in [3.05, 3.63) is 35.9 Å². The second-order valence-electron chi connectivity index (χ2n) is 26.4. The summed E-state index contributed by atoms with van der Waals surface area (Å²) in [5, 5.41) is 91.5. The van der Waals surface area contributed by atoms with E-state index in [1.165, 1.54) is 38.1 Å². The first-order chi connectivity index (χ1) is 42.3. The molecule has 0 aromatic heterocycles. The fourth-order valence-electron chi connectivity index (χ4n) is 9.64. The molecule has 31 nitrogen and oxygen atoms in total. The molecule has 1 aliphatic heterocycles.